The largest absolute Gasteiger partial charge is 0.481 e. The highest BCUT2D eigenvalue weighted by Crippen LogP contribution is 2.32. The average molecular weight is 439 g/mol. The summed E-state index contributed by atoms with van der Waals surface area (Å²) >= 11 is 12.3. The van der Waals surface area contributed by atoms with E-state index in [1.807, 2.05) is 24.3 Å². The molecular weight excluding hydrogens is 415 g/mol. The van der Waals surface area contributed by atoms with Crippen molar-refractivity contribution in [3.05, 3.63) is 59.2 Å². The Bertz CT molecular complexity index is 788. The quantitative estimate of drug-likeness (QED) is 0.662. The van der Waals surface area contributed by atoms with E-state index in [9.17, 15) is 9.59 Å². The van der Waals surface area contributed by atoms with Gasteiger partial charge in [-0.05, 0) is 17.7 Å². The van der Waals surface area contributed by atoms with Gasteiger partial charge in [0.15, 0.2) is 0 Å². The van der Waals surface area contributed by atoms with Crippen molar-refractivity contribution in [2.45, 2.75) is 23.9 Å². The predicted octanol–water partition coefficient (Wildman–Crippen LogP) is 2.95. The molecule has 29 heavy (non-hydrogen) atoms. The summed E-state index contributed by atoms with van der Waals surface area (Å²) in [5.74, 6) is -1.13. The topological polar surface area (TPSA) is 70.1 Å². The zero-order valence-electron chi connectivity index (χ0n) is 16.0. The molecule has 1 aliphatic carbocycles. The standard InChI is InChI=1S/C21H24Cl2N2O4/c22-17-6-4-16(5-7-17)14-24-9-11-25(12-10-24)19(26)15-29-18-3-1-2-8-21(18,23)13-20(27)28/h1-8,18H,9-15H2,(H,27,28). The van der Waals surface area contributed by atoms with Crippen molar-refractivity contribution < 1.29 is 19.4 Å². The molecule has 8 heteroatoms. The number of hydrogen-bond acceptors (Lipinski definition) is 4. The van der Waals surface area contributed by atoms with Crippen molar-refractivity contribution in [1.29, 1.82) is 0 Å². The molecule has 1 amide bonds. The van der Waals surface area contributed by atoms with Gasteiger partial charge >= 0.3 is 5.97 Å². The SMILES string of the molecule is O=C(O)CC1(Cl)C=CC=CC1OCC(=O)N1CCN(Cc2ccc(Cl)cc2)CC1. The lowest BCUT2D eigenvalue weighted by atomic mass is 9.93. The third-order valence-electron chi connectivity index (χ3n) is 5.10. The van der Waals surface area contributed by atoms with Gasteiger partial charge in [0.05, 0.1) is 12.5 Å². The van der Waals surface area contributed by atoms with Crippen LogP contribution in [-0.4, -0.2) is 70.5 Å². The normalized spacial score (nSPS) is 24.6. The number of amides is 1. The number of halogens is 2. The summed E-state index contributed by atoms with van der Waals surface area (Å²) < 4.78 is 5.70. The number of benzene rings is 1. The number of rotatable bonds is 7. The lowest BCUT2D eigenvalue weighted by molar-refractivity contribution is -0.140. The summed E-state index contributed by atoms with van der Waals surface area (Å²) in [6.07, 6.45) is 5.78. The predicted molar refractivity (Wildman–Crippen MR) is 112 cm³/mol. The molecule has 0 radical (unpaired) electrons. The van der Waals surface area contributed by atoms with Gasteiger partial charge in [0.25, 0.3) is 0 Å². The van der Waals surface area contributed by atoms with E-state index in [0.717, 1.165) is 24.7 Å². The minimum Gasteiger partial charge on any atom is -0.481 e. The van der Waals surface area contributed by atoms with Crippen molar-refractivity contribution >= 4 is 35.1 Å². The number of aliphatic carboxylic acids is 1. The van der Waals surface area contributed by atoms with E-state index < -0.39 is 16.9 Å². The molecule has 2 atom stereocenters. The summed E-state index contributed by atoms with van der Waals surface area (Å²) in [4.78, 5) is 26.5. The molecule has 1 aliphatic heterocycles. The molecule has 2 aliphatic rings. The highest BCUT2D eigenvalue weighted by atomic mass is 35.5. The number of hydrogen-bond donors (Lipinski definition) is 1. The molecule has 156 valence electrons. The monoisotopic (exact) mass is 438 g/mol. The molecule has 1 aromatic rings. The van der Waals surface area contributed by atoms with Crippen molar-refractivity contribution in [3.63, 3.8) is 0 Å². The first-order valence-electron chi connectivity index (χ1n) is 9.49. The van der Waals surface area contributed by atoms with Crippen LogP contribution in [0, 0.1) is 0 Å². The Morgan fingerprint density at radius 3 is 2.48 bits per heavy atom. The zero-order valence-corrected chi connectivity index (χ0v) is 17.5. The van der Waals surface area contributed by atoms with E-state index in [-0.39, 0.29) is 18.9 Å². The summed E-state index contributed by atoms with van der Waals surface area (Å²) in [5, 5.41) is 9.81. The summed E-state index contributed by atoms with van der Waals surface area (Å²) in [7, 11) is 0. The third kappa shape index (κ3) is 6.06. The van der Waals surface area contributed by atoms with Gasteiger partial charge in [-0.3, -0.25) is 14.5 Å². The van der Waals surface area contributed by atoms with Gasteiger partial charge in [0.1, 0.15) is 11.5 Å². The number of carboxylic acids is 1. The first-order chi connectivity index (χ1) is 13.9. The molecule has 1 N–H and O–H groups in total. The Morgan fingerprint density at radius 1 is 1.14 bits per heavy atom. The van der Waals surface area contributed by atoms with Crippen LogP contribution in [0.3, 0.4) is 0 Å². The third-order valence-corrected chi connectivity index (χ3v) is 5.82. The van der Waals surface area contributed by atoms with Crippen molar-refractivity contribution in [2.75, 3.05) is 32.8 Å². The van der Waals surface area contributed by atoms with Crippen LogP contribution >= 0.6 is 23.2 Å². The summed E-state index contributed by atoms with van der Waals surface area (Å²) in [6, 6.07) is 7.78. The van der Waals surface area contributed by atoms with Crippen molar-refractivity contribution in [2.24, 2.45) is 0 Å². The lowest BCUT2D eigenvalue weighted by Crippen LogP contribution is -2.50. The van der Waals surface area contributed by atoms with E-state index in [1.165, 1.54) is 5.56 Å². The Balaban J connectivity index is 1.46. The minimum absolute atomic E-state index is 0.117. The van der Waals surface area contributed by atoms with E-state index in [1.54, 1.807) is 29.2 Å². The minimum atomic E-state index is -1.18. The molecule has 1 heterocycles. The lowest BCUT2D eigenvalue weighted by Gasteiger charge is -2.36. The molecule has 1 aromatic carbocycles. The number of allylic oxidation sites excluding steroid dienone is 2. The fraction of sp³-hybridized carbons (Fsp3) is 0.429. The maximum Gasteiger partial charge on any atom is 0.305 e. The molecule has 2 unspecified atom stereocenters. The second-order valence-corrected chi connectivity index (χ2v) is 8.40. The van der Waals surface area contributed by atoms with Crippen LogP contribution in [0.2, 0.25) is 5.02 Å². The molecule has 6 nitrogen and oxygen atoms in total. The molecule has 0 bridgehead atoms. The van der Waals surface area contributed by atoms with Gasteiger partial charge in [-0.1, -0.05) is 48.0 Å². The number of piperazine rings is 1. The molecule has 0 spiro atoms. The first-order valence-corrected chi connectivity index (χ1v) is 10.2. The van der Waals surface area contributed by atoms with Gasteiger partial charge in [0, 0.05) is 37.7 Å². The number of ether oxygens (including phenoxy) is 1. The number of carbonyl (C=O) groups is 2. The van der Waals surface area contributed by atoms with Gasteiger partial charge in [0.2, 0.25) is 5.91 Å². The van der Waals surface area contributed by atoms with Gasteiger partial charge in [-0.2, -0.15) is 0 Å². The fourth-order valence-corrected chi connectivity index (χ4v) is 3.93. The van der Waals surface area contributed by atoms with Gasteiger partial charge in [-0.15, -0.1) is 11.6 Å². The second-order valence-electron chi connectivity index (χ2n) is 7.26. The van der Waals surface area contributed by atoms with Crippen LogP contribution in [0.25, 0.3) is 0 Å². The molecule has 1 saturated heterocycles. The molecule has 1 fully saturated rings. The second kappa shape index (κ2) is 9.76. The Kier molecular flexibility index (Phi) is 7.35. The Labute approximate surface area is 180 Å². The Morgan fingerprint density at radius 2 is 1.83 bits per heavy atom. The molecule has 0 saturated carbocycles. The van der Waals surface area contributed by atoms with E-state index in [0.29, 0.717) is 13.1 Å². The van der Waals surface area contributed by atoms with Crippen LogP contribution in [0.5, 0.6) is 0 Å². The first kappa shape index (κ1) is 21.8. The maximum absolute atomic E-state index is 12.5. The number of carbonyl (C=O) groups excluding carboxylic acids is 1. The fourth-order valence-electron chi connectivity index (χ4n) is 3.48. The highest BCUT2D eigenvalue weighted by molar-refractivity contribution is 6.30. The number of alkyl halides is 1. The molecular formula is C21H24Cl2N2O4. The van der Waals surface area contributed by atoms with Crippen LogP contribution in [-0.2, 0) is 20.9 Å². The van der Waals surface area contributed by atoms with Gasteiger partial charge < -0.3 is 14.7 Å². The van der Waals surface area contributed by atoms with E-state index in [2.05, 4.69) is 4.90 Å². The van der Waals surface area contributed by atoms with Crippen molar-refractivity contribution in [3.8, 4) is 0 Å². The maximum atomic E-state index is 12.5. The van der Waals surface area contributed by atoms with Crippen LogP contribution < -0.4 is 0 Å². The van der Waals surface area contributed by atoms with Crippen LogP contribution in [0.4, 0.5) is 0 Å². The average Bonchev–Trinajstić information content (AvgIpc) is 2.69. The Hall–Kier alpha value is -1.86. The van der Waals surface area contributed by atoms with Crippen molar-refractivity contribution in [1.82, 2.24) is 9.80 Å². The molecule has 3 rings (SSSR count). The van der Waals surface area contributed by atoms with Gasteiger partial charge in [-0.25, -0.2) is 0 Å². The summed E-state index contributed by atoms with van der Waals surface area (Å²) in [5.41, 5.74) is 1.19. The highest BCUT2D eigenvalue weighted by Gasteiger charge is 2.38. The number of carboxylic acid groups (broad SMARTS) is 1. The van der Waals surface area contributed by atoms with Crippen LogP contribution in [0.15, 0.2) is 48.6 Å². The number of nitrogens with zero attached hydrogens (tertiary/aromatic N) is 2. The smallest absolute Gasteiger partial charge is 0.305 e. The molecule has 0 aromatic heterocycles. The van der Waals surface area contributed by atoms with Crippen LogP contribution in [0.1, 0.15) is 12.0 Å². The zero-order chi connectivity index (χ0) is 20.9. The summed E-state index contributed by atoms with van der Waals surface area (Å²) in [6.45, 7) is 3.49. The van der Waals surface area contributed by atoms with E-state index in [4.69, 9.17) is 33.0 Å². The van der Waals surface area contributed by atoms with E-state index >= 15 is 0 Å².